The fourth-order valence-electron chi connectivity index (χ4n) is 1.49. The summed E-state index contributed by atoms with van der Waals surface area (Å²) < 4.78 is 32.5. The van der Waals surface area contributed by atoms with Gasteiger partial charge < -0.3 is 4.57 Å². The smallest absolute Gasteiger partial charge is 0.267 e. The number of aryl methyl sites for hydroxylation is 1. The highest BCUT2D eigenvalue weighted by molar-refractivity contribution is 7.86. The van der Waals surface area contributed by atoms with Crippen LogP contribution in [0.15, 0.2) is 12.4 Å². The predicted molar refractivity (Wildman–Crippen MR) is 61.9 cm³/mol. The van der Waals surface area contributed by atoms with Crippen LogP contribution in [0.3, 0.4) is 0 Å². The molecule has 1 rings (SSSR count). The standard InChI is InChI=1S/C10H18N2O3S/c1-8(2)12-7-6-11-10(12)5-4-9(3)16(13,14)15/h6-9H,4-5H2,1-3H3,(H,13,14,15). The van der Waals surface area contributed by atoms with Gasteiger partial charge in [-0.1, -0.05) is 0 Å². The third kappa shape index (κ3) is 3.31. The molecule has 0 radical (unpaired) electrons. The minimum Gasteiger partial charge on any atom is -0.332 e. The van der Waals surface area contributed by atoms with E-state index in [2.05, 4.69) is 4.98 Å². The summed E-state index contributed by atoms with van der Waals surface area (Å²) in [6.45, 7) is 5.58. The van der Waals surface area contributed by atoms with E-state index in [-0.39, 0.29) is 0 Å². The van der Waals surface area contributed by atoms with Gasteiger partial charge in [-0.05, 0) is 27.2 Å². The maximum atomic E-state index is 10.8. The van der Waals surface area contributed by atoms with Crippen molar-refractivity contribution in [1.82, 2.24) is 9.55 Å². The van der Waals surface area contributed by atoms with Crippen molar-refractivity contribution in [3.05, 3.63) is 18.2 Å². The Morgan fingerprint density at radius 1 is 1.44 bits per heavy atom. The molecule has 0 aromatic carbocycles. The van der Waals surface area contributed by atoms with Gasteiger partial charge in [0.25, 0.3) is 10.1 Å². The number of hydrogen-bond acceptors (Lipinski definition) is 3. The molecule has 92 valence electrons. The molecule has 0 saturated carbocycles. The molecule has 1 heterocycles. The van der Waals surface area contributed by atoms with E-state index in [0.29, 0.717) is 18.9 Å². The van der Waals surface area contributed by atoms with Crippen molar-refractivity contribution >= 4 is 10.1 Å². The Labute approximate surface area is 96.3 Å². The average molecular weight is 246 g/mol. The zero-order valence-corrected chi connectivity index (χ0v) is 10.6. The van der Waals surface area contributed by atoms with Crippen LogP contribution in [0.2, 0.25) is 0 Å². The normalized spacial score (nSPS) is 14.3. The van der Waals surface area contributed by atoms with E-state index in [4.69, 9.17) is 4.55 Å². The fourth-order valence-corrected chi connectivity index (χ4v) is 1.90. The van der Waals surface area contributed by atoms with Gasteiger partial charge in [0, 0.05) is 24.9 Å². The second-order valence-corrected chi connectivity index (χ2v) is 6.04. The second-order valence-electron chi connectivity index (χ2n) is 4.21. The zero-order chi connectivity index (χ0) is 12.3. The maximum absolute atomic E-state index is 10.8. The van der Waals surface area contributed by atoms with Gasteiger partial charge in [0.1, 0.15) is 5.82 Å². The minimum absolute atomic E-state index is 0.304. The second kappa shape index (κ2) is 4.97. The lowest BCUT2D eigenvalue weighted by Gasteiger charge is -2.12. The molecule has 6 heteroatoms. The Morgan fingerprint density at radius 3 is 2.56 bits per heavy atom. The Kier molecular flexibility index (Phi) is 4.09. The van der Waals surface area contributed by atoms with E-state index in [1.54, 1.807) is 6.20 Å². The molecule has 0 spiro atoms. The molecule has 0 aliphatic heterocycles. The lowest BCUT2D eigenvalue weighted by Crippen LogP contribution is -2.18. The Bertz CT molecular complexity index is 437. The Hall–Kier alpha value is -0.880. The molecule has 16 heavy (non-hydrogen) atoms. The molecule has 1 aromatic rings. The molecular weight excluding hydrogens is 228 g/mol. The van der Waals surface area contributed by atoms with Gasteiger partial charge in [0.2, 0.25) is 0 Å². The summed E-state index contributed by atoms with van der Waals surface area (Å²) in [4.78, 5) is 4.18. The lowest BCUT2D eigenvalue weighted by molar-refractivity contribution is 0.464. The zero-order valence-electron chi connectivity index (χ0n) is 9.79. The van der Waals surface area contributed by atoms with E-state index < -0.39 is 15.4 Å². The van der Waals surface area contributed by atoms with Crippen molar-refractivity contribution < 1.29 is 13.0 Å². The van der Waals surface area contributed by atoms with Crippen LogP contribution in [0.1, 0.15) is 39.1 Å². The summed E-state index contributed by atoms with van der Waals surface area (Å²) in [5.41, 5.74) is 0. The van der Waals surface area contributed by atoms with E-state index >= 15 is 0 Å². The molecule has 0 saturated heterocycles. The van der Waals surface area contributed by atoms with Crippen LogP contribution < -0.4 is 0 Å². The van der Waals surface area contributed by atoms with E-state index in [1.807, 2.05) is 24.6 Å². The monoisotopic (exact) mass is 246 g/mol. The van der Waals surface area contributed by atoms with Crippen molar-refractivity contribution in [3.63, 3.8) is 0 Å². The van der Waals surface area contributed by atoms with Crippen LogP contribution in [-0.2, 0) is 16.5 Å². The van der Waals surface area contributed by atoms with Gasteiger partial charge in [-0.15, -0.1) is 0 Å². The molecule has 5 nitrogen and oxygen atoms in total. The SMILES string of the molecule is CC(C)n1ccnc1CCC(C)S(=O)(=O)O. The van der Waals surface area contributed by atoms with Crippen LogP contribution in [0.4, 0.5) is 0 Å². The largest absolute Gasteiger partial charge is 0.332 e. The molecular formula is C10H18N2O3S. The van der Waals surface area contributed by atoms with Crippen molar-refractivity contribution in [2.45, 2.75) is 44.9 Å². The highest BCUT2D eigenvalue weighted by Gasteiger charge is 2.18. The first-order valence-electron chi connectivity index (χ1n) is 5.30. The lowest BCUT2D eigenvalue weighted by atomic mass is 10.2. The Balaban J connectivity index is 2.65. The molecule has 0 fully saturated rings. The third-order valence-corrected chi connectivity index (χ3v) is 3.84. The molecule has 1 unspecified atom stereocenters. The van der Waals surface area contributed by atoms with E-state index in [1.165, 1.54) is 6.92 Å². The highest BCUT2D eigenvalue weighted by Crippen LogP contribution is 2.12. The highest BCUT2D eigenvalue weighted by atomic mass is 32.2. The summed E-state index contributed by atoms with van der Waals surface area (Å²) in [5.74, 6) is 0.852. The van der Waals surface area contributed by atoms with Gasteiger partial charge in [-0.25, -0.2) is 4.98 Å². The molecule has 0 amide bonds. The molecule has 1 atom stereocenters. The molecule has 0 aliphatic carbocycles. The number of nitrogens with zero attached hydrogens (tertiary/aromatic N) is 2. The van der Waals surface area contributed by atoms with Gasteiger partial charge in [-0.2, -0.15) is 8.42 Å². The number of hydrogen-bond donors (Lipinski definition) is 1. The maximum Gasteiger partial charge on any atom is 0.267 e. The van der Waals surface area contributed by atoms with Crippen LogP contribution in [0, 0.1) is 0 Å². The minimum atomic E-state index is -3.93. The number of imidazole rings is 1. The van der Waals surface area contributed by atoms with E-state index in [9.17, 15) is 8.42 Å². The van der Waals surface area contributed by atoms with Gasteiger partial charge in [0.05, 0.1) is 5.25 Å². The van der Waals surface area contributed by atoms with Crippen molar-refractivity contribution in [2.75, 3.05) is 0 Å². The average Bonchev–Trinajstić information content (AvgIpc) is 2.60. The summed E-state index contributed by atoms with van der Waals surface area (Å²) in [5, 5.41) is -0.746. The van der Waals surface area contributed by atoms with Crippen molar-refractivity contribution in [3.8, 4) is 0 Å². The fraction of sp³-hybridized carbons (Fsp3) is 0.700. The van der Waals surface area contributed by atoms with Gasteiger partial charge in [-0.3, -0.25) is 4.55 Å². The molecule has 1 aromatic heterocycles. The summed E-state index contributed by atoms with van der Waals surface area (Å²) >= 11 is 0. The van der Waals surface area contributed by atoms with Crippen LogP contribution in [-0.4, -0.2) is 27.8 Å². The van der Waals surface area contributed by atoms with Crippen LogP contribution >= 0.6 is 0 Å². The third-order valence-electron chi connectivity index (χ3n) is 2.59. The predicted octanol–water partition coefficient (Wildman–Crippen LogP) is 1.67. The molecule has 0 bridgehead atoms. The number of rotatable bonds is 5. The van der Waals surface area contributed by atoms with Crippen LogP contribution in [0.25, 0.3) is 0 Å². The quantitative estimate of drug-likeness (QED) is 0.802. The molecule has 0 aliphatic rings. The van der Waals surface area contributed by atoms with Gasteiger partial charge in [0.15, 0.2) is 0 Å². The number of aromatic nitrogens is 2. The van der Waals surface area contributed by atoms with E-state index in [0.717, 1.165) is 5.82 Å². The summed E-state index contributed by atoms with van der Waals surface area (Å²) in [6, 6.07) is 0.304. The topological polar surface area (TPSA) is 72.2 Å². The van der Waals surface area contributed by atoms with Crippen molar-refractivity contribution in [2.24, 2.45) is 0 Å². The summed E-state index contributed by atoms with van der Waals surface area (Å²) in [6.07, 6.45) is 4.50. The van der Waals surface area contributed by atoms with Crippen LogP contribution in [0.5, 0.6) is 0 Å². The van der Waals surface area contributed by atoms with Gasteiger partial charge >= 0.3 is 0 Å². The first-order valence-corrected chi connectivity index (χ1v) is 6.80. The molecule has 1 N–H and O–H groups in total. The van der Waals surface area contributed by atoms with Crippen molar-refractivity contribution in [1.29, 1.82) is 0 Å². The first-order chi connectivity index (χ1) is 7.32. The summed E-state index contributed by atoms with van der Waals surface area (Å²) in [7, 11) is -3.93. The first kappa shape index (κ1) is 13.2. The Morgan fingerprint density at radius 2 is 2.06 bits per heavy atom.